The fraction of sp³-hybridized carbons (Fsp3) is 0.294. The van der Waals surface area contributed by atoms with Crippen molar-refractivity contribution >= 4 is 0 Å². The minimum atomic E-state index is 0.700. The van der Waals surface area contributed by atoms with Crippen molar-refractivity contribution in [1.82, 2.24) is 10.4 Å². The van der Waals surface area contributed by atoms with Gasteiger partial charge in [0.05, 0.1) is 5.70 Å². The summed E-state index contributed by atoms with van der Waals surface area (Å²) in [5, 5.41) is 9.01. The Morgan fingerprint density at radius 2 is 1.95 bits per heavy atom. The van der Waals surface area contributed by atoms with Gasteiger partial charge in [0.2, 0.25) is 0 Å². The van der Waals surface area contributed by atoms with Crippen LogP contribution in [0, 0.1) is 0 Å². The third-order valence-corrected chi connectivity index (χ3v) is 3.53. The van der Waals surface area contributed by atoms with Crippen molar-refractivity contribution in [3.05, 3.63) is 72.0 Å². The summed E-state index contributed by atoms with van der Waals surface area (Å²) in [5.41, 5.74) is 5.63. The van der Waals surface area contributed by atoms with Crippen LogP contribution in [0.25, 0.3) is 0 Å². The van der Waals surface area contributed by atoms with Crippen LogP contribution >= 0.6 is 0 Å². The lowest BCUT2D eigenvalue weighted by Crippen LogP contribution is -2.30. The summed E-state index contributed by atoms with van der Waals surface area (Å²) >= 11 is 0. The molecule has 0 bridgehead atoms. The molecule has 3 heteroatoms. The Kier molecular flexibility index (Phi) is 5.59. The molecule has 2 N–H and O–H groups in total. The van der Waals surface area contributed by atoms with E-state index < -0.39 is 0 Å². The summed E-state index contributed by atoms with van der Waals surface area (Å²) in [6, 6.07) is 10.6. The van der Waals surface area contributed by atoms with Gasteiger partial charge in [-0.05, 0) is 30.6 Å². The van der Waals surface area contributed by atoms with E-state index in [0.29, 0.717) is 5.70 Å². The molecule has 0 radical (unpaired) electrons. The molecule has 0 unspecified atom stereocenters. The zero-order valence-electron chi connectivity index (χ0n) is 11.8. The van der Waals surface area contributed by atoms with Gasteiger partial charge in [-0.25, -0.2) is 0 Å². The number of hydroxylamine groups is 1. The van der Waals surface area contributed by atoms with E-state index in [1.807, 2.05) is 6.08 Å². The molecule has 1 heterocycles. The van der Waals surface area contributed by atoms with Crippen LogP contribution in [0.4, 0.5) is 0 Å². The molecule has 0 aliphatic carbocycles. The Balaban J connectivity index is 1.87. The van der Waals surface area contributed by atoms with Crippen molar-refractivity contribution in [2.45, 2.75) is 19.4 Å². The summed E-state index contributed by atoms with van der Waals surface area (Å²) in [5.74, 6) is 0. The van der Waals surface area contributed by atoms with Gasteiger partial charge in [0.25, 0.3) is 0 Å². The first-order valence-corrected chi connectivity index (χ1v) is 7.00. The standard InChI is InChI=1S/C17H22N2O/c1-2-6-17(18-20)13-15-9-11-19(12-10-15)14-16-7-4-3-5-8-16/h2-8,13,18,20H,1,9-12,14H2/b17-6-. The Hall–Kier alpha value is -1.84. The van der Waals surface area contributed by atoms with Crippen molar-refractivity contribution in [3.8, 4) is 0 Å². The smallest absolute Gasteiger partial charge is 0.0601 e. The van der Waals surface area contributed by atoms with E-state index in [2.05, 4.69) is 47.3 Å². The lowest BCUT2D eigenvalue weighted by Gasteiger charge is -2.28. The molecule has 1 fully saturated rings. The largest absolute Gasteiger partial charge is 0.298 e. The van der Waals surface area contributed by atoms with Crippen LogP contribution < -0.4 is 5.48 Å². The van der Waals surface area contributed by atoms with Crippen LogP contribution in [0.5, 0.6) is 0 Å². The number of nitrogens with zero attached hydrogens (tertiary/aromatic N) is 1. The lowest BCUT2D eigenvalue weighted by atomic mass is 10.0. The van der Waals surface area contributed by atoms with Crippen LogP contribution in [-0.4, -0.2) is 23.2 Å². The molecular formula is C17H22N2O. The van der Waals surface area contributed by atoms with Crippen LogP contribution in [-0.2, 0) is 6.54 Å². The van der Waals surface area contributed by atoms with E-state index in [0.717, 1.165) is 32.5 Å². The number of rotatable bonds is 5. The number of allylic oxidation sites excluding steroid dienone is 3. The van der Waals surface area contributed by atoms with Crippen LogP contribution in [0.15, 0.2) is 66.4 Å². The minimum absolute atomic E-state index is 0.700. The molecule has 0 amide bonds. The lowest BCUT2D eigenvalue weighted by molar-refractivity contribution is 0.204. The van der Waals surface area contributed by atoms with E-state index in [9.17, 15) is 0 Å². The number of likely N-dealkylation sites (tertiary alicyclic amines) is 1. The highest BCUT2D eigenvalue weighted by Gasteiger charge is 2.14. The molecule has 1 aliphatic heterocycles. The molecule has 1 aromatic carbocycles. The quantitative estimate of drug-likeness (QED) is 0.637. The van der Waals surface area contributed by atoms with Crippen molar-refractivity contribution in [2.75, 3.05) is 13.1 Å². The Bertz CT molecular complexity index is 481. The topological polar surface area (TPSA) is 35.5 Å². The second-order valence-corrected chi connectivity index (χ2v) is 5.03. The summed E-state index contributed by atoms with van der Waals surface area (Å²) in [6.07, 6.45) is 7.54. The van der Waals surface area contributed by atoms with Gasteiger partial charge in [-0.15, -0.1) is 0 Å². The Morgan fingerprint density at radius 3 is 2.55 bits per heavy atom. The molecule has 20 heavy (non-hydrogen) atoms. The van der Waals surface area contributed by atoms with Crippen LogP contribution in [0.3, 0.4) is 0 Å². The zero-order chi connectivity index (χ0) is 14.2. The van der Waals surface area contributed by atoms with Crippen LogP contribution in [0.2, 0.25) is 0 Å². The predicted octanol–water partition coefficient (Wildman–Crippen LogP) is 3.26. The normalized spacial score (nSPS) is 16.9. The van der Waals surface area contributed by atoms with Gasteiger partial charge in [0.15, 0.2) is 0 Å². The maximum atomic E-state index is 9.01. The van der Waals surface area contributed by atoms with Gasteiger partial charge in [0, 0.05) is 19.6 Å². The van der Waals surface area contributed by atoms with Crippen molar-refractivity contribution in [1.29, 1.82) is 0 Å². The molecule has 0 atom stereocenters. The highest BCUT2D eigenvalue weighted by atomic mass is 16.5. The third kappa shape index (κ3) is 4.37. The average Bonchev–Trinajstić information content (AvgIpc) is 2.50. The van der Waals surface area contributed by atoms with Crippen molar-refractivity contribution in [2.24, 2.45) is 0 Å². The number of hydrogen-bond donors (Lipinski definition) is 2. The summed E-state index contributed by atoms with van der Waals surface area (Å²) in [6.45, 7) is 6.78. The number of piperidine rings is 1. The second-order valence-electron chi connectivity index (χ2n) is 5.03. The first kappa shape index (κ1) is 14.6. The SMILES string of the molecule is C=C/C=C(/C=C1CCN(Cc2ccccc2)CC1)NO. The van der Waals surface area contributed by atoms with E-state index in [4.69, 9.17) is 5.21 Å². The first-order chi connectivity index (χ1) is 9.81. The average molecular weight is 270 g/mol. The van der Waals surface area contributed by atoms with Gasteiger partial charge in [-0.1, -0.05) is 48.6 Å². The molecule has 1 saturated heterocycles. The monoisotopic (exact) mass is 270 g/mol. The van der Waals surface area contributed by atoms with E-state index in [1.54, 1.807) is 12.2 Å². The van der Waals surface area contributed by atoms with Gasteiger partial charge in [-0.3, -0.25) is 15.6 Å². The molecule has 3 nitrogen and oxygen atoms in total. The van der Waals surface area contributed by atoms with Gasteiger partial charge < -0.3 is 0 Å². The van der Waals surface area contributed by atoms with E-state index in [1.165, 1.54) is 11.1 Å². The predicted molar refractivity (Wildman–Crippen MR) is 82.2 cm³/mol. The van der Waals surface area contributed by atoms with Gasteiger partial charge >= 0.3 is 0 Å². The molecule has 2 rings (SSSR count). The minimum Gasteiger partial charge on any atom is -0.298 e. The van der Waals surface area contributed by atoms with Gasteiger partial charge in [-0.2, -0.15) is 0 Å². The molecule has 0 saturated carbocycles. The zero-order valence-corrected chi connectivity index (χ0v) is 11.8. The number of benzene rings is 1. The number of nitrogens with one attached hydrogen (secondary N) is 1. The fourth-order valence-electron chi connectivity index (χ4n) is 2.45. The van der Waals surface area contributed by atoms with Crippen molar-refractivity contribution < 1.29 is 5.21 Å². The highest BCUT2D eigenvalue weighted by Crippen LogP contribution is 2.19. The molecule has 1 aromatic rings. The maximum absolute atomic E-state index is 9.01. The van der Waals surface area contributed by atoms with E-state index >= 15 is 0 Å². The maximum Gasteiger partial charge on any atom is 0.0601 e. The molecule has 0 aromatic heterocycles. The number of hydrogen-bond acceptors (Lipinski definition) is 3. The van der Waals surface area contributed by atoms with Crippen LogP contribution in [0.1, 0.15) is 18.4 Å². The first-order valence-electron chi connectivity index (χ1n) is 7.00. The molecular weight excluding hydrogens is 248 g/mol. The van der Waals surface area contributed by atoms with Gasteiger partial charge in [0.1, 0.15) is 0 Å². The summed E-state index contributed by atoms with van der Waals surface area (Å²) in [4.78, 5) is 2.47. The fourth-order valence-corrected chi connectivity index (χ4v) is 2.45. The second kappa shape index (κ2) is 7.68. The van der Waals surface area contributed by atoms with E-state index in [-0.39, 0.29) is 0 Å². The highest BCUT2D eigenvalue weighted by molar-refractivity contribution is 5.25. The van der Waals surface area contributed by atoms with Crippen molar-refractivity contribution in [3.63, 3.8) is 0 Å². The Labute approximate surface area is 120 Å². The molecule has 0 spiro atoms. The molecule has 106 valence electrons. The summed E-state index contributed by atoms with van der Waals surface area (Å²) in [7, 11) is 0. The molecule has 1 aliphatic rings. The Morgan fingerprint density at radius 1 is 1.25 bits per heavy atom. The summed E-state index contributed by atoms with van der Waals surface area (Å²) < 4.78 is 0. The third-order valence-electron chi connectivity index (χ3n) is 3.53.